The SMILES string of the molecule is CN1CCN([13CH2][13C](=[18O])[18O]N2C(=O)CCC2=O)CC1. The van der Waals surface area contributed by atoms with Crippen LogP contribution in [0.2, 0.25) is 0 Å². The summed E-state index contributed by atoms with van der Waals surface area (Å²) in [7, 11) is 2.03. The summed E-state index contributed by atoms with van der Waals surface area (Å²) in [6.07, 6.45) is 0.251. The molecule has 0 N–H and O–H groups in total. The highest BCUT2D eigenvalue weighted by atomic mass is 18.5. The molecule has 0 spiro atoms. The Morgan fingerprint density at radius 3 is 2.28 bits per heavy atom. The van der Waals surface area contributed by atoms with E-state index in [1.807, 2.05) is 11.9 Å². The quantitative estimate of drug-likeness (QED) is 0.363. The number of rotatable bonds is 3. The normalized spacial score (nSPS) is 22.6. The Kier molecular flexibility index (Phi) is 3.93. The molecule has 2 aliphatic rings. The number of likely N-dealkylation sites (N-methyl/N-ethyl adjacent to an activating group) is 1. The number of amides is 2. The molecule has 0 aromatic rings. The molecule has 2 rings (SSSR count). The minimum Gasteiger partial charge on any atom is -0.329 e. The van der Waals surface area contributed by atoms with E-state index < -0.39 is 17.8 Å². The number of hydrogen-bond acceptors (Lipinski definition) is 6. The van der Waals surface area contributed by atoms with Crippen LogP contribution in [0.25, 0.3) is 0 Å². The van der Waals surface area contributed by atoms with Crippen molar-refractivity contribution < 1.29 is 19.2 Å². The molecule has 100 valence electrons. The van der Waals surface area contributed by atoms with E-state index in [-0.39, 0.29) is 19.4 Å². The van der Waals surface area contributed by atoms with Crippen molar-refractivity contribution in [3.8, 4) is 0 Å². The highest BCUT2D eigenvalue weighted by Gasteiger charge is 2.33. The van der Waals surface area contributed by atoms with E-state index in [2.05, 4.69) is 4.90 Å². The first-order chi connectivity index (χ1) is 8.56. The lowest BCUT2D eigenvalue weighted by Crippen LogP contribution is -2.47. The average molecular weight is 261 g/mol. The molecule has 2 heterocycles. The van der Waals surface area contributed by atoms with Crippen molar-refractivity contribution in [2.75, 3.05) is 39.8 Å². The van der Waals surface area contributed by atoms with Gasteiger partial charge in [0, 0.05) is 39.0 Å². The Labute approximate surface area is 105 Å². The molecule has 2 fully saturated rings. The van der Waals surface area contributed by atoms with Gasteiger partial charge < -0.3 is 9.74 Å². The van der Waals surface area contributed by atoms with Crippen molar-refractivity contribution in [2.24, 2.45) is 0 Å². The lowest BCUT2D eigenvalue weighted by molar-refractivity contribution is -0.198. The standard InChI is InChI=1S/C11H17N3O4/c1-12-4-6-13(7-5-12)8-11(17)18-14-9(15)2-3-10(14)16/h2-8H2,1H3/i8+1,11+1,17+2,18+2. The van der Waals surface area contributed by atoms with E-state index in [9.17, 15) is 14.4 Å². The van der Waals surface area contributed by atoms with E-state index in [4.69, 9.17) is 4.84 Å². The third kappa shape index (κ3) is 3.05. The molecular formula is C11H17N3O4. The van der Waals surface area contributed by atoms with Crippen LogP contribution in [0.4, 0.5) is 0 Å². The molecule has 0 aliphatic carbocycles. The summed E-state index contributed by atoms with van der Waals surface area (Å²) in [4.78, 5) is 43.1. The summed E-state index contributed by atoms with van der Waals surface area (Å²) in [5.74, 6) is -1.43. The van der Waals surface area contributed by atoms with Crippen molar-refractivity contribution in [3.05, 3.63) is 0 Å². The predicted molar refractivity (Wildman–Crippen MR) is 61.1 cm³/mol. The van der Waals surface area contributed by atoms with Gasteiger partial charge in [-0.15, -0.1) is 5.06 Å². The van der Waals surface area contributed by atoms with Crippen LogP contribution in [0.1, 0.15) is 12.8 Å². The monoisotopic (exact) mass is 261 g/mol. The lowest BCUT2D eigenvalue weighted by atomic mass is 10.4. The van der Waals surface area contributed by atoms with E-state index in [0.29, 0.717) is 5.06 Å². The second kappa shape index (κ2) is 5.45. The molecule has 0 atom stereocenters. The minimum absolute atomic E-state index is 0.116. The summed E-state index contributed by atoms with van der Waals surface area (Å²) >= 11 is 0. The Hall–Kier alpha value is -1.47. The maximum atomic E-state index is 11.6. The summed E-state index contributed by atoms with van der Waals surface area (Å²) in [5.41, 5.74) is 0. The van der Waals surface area contributed by atoms with Gasteiger partial charge in [-0.05, 0) is 7.05 Å². The molecule has 2 amide bonds. The van der Waals surface area contributed by atoms with Gasteiger partial charge in [-0.1, -0.05) is 0 Å². The van der Waals surface area contributed by atoms with E-state index >= 15 is 0 Å². The van der Waals surface area contributed by atoms with Crippen LogP contribution >= 0.6 is 0 Å². The van der Waals surface area contributed by atoms with E-state index in [0.717, 1.165) is 26.2 Å². The van der Waals surface area contributed by atoms with Crippen molar-refractivity contribution >= 4 is 17.8 Å². The number of hydrogen-bond donors (Lipinski definition) is 0. The van der Waals surface area contributed by atoms with Gasteiger partial charge in [-0.3, -0.25) is 14.5 Å². The van der Waals surface area contributed by atoms with Gasteiger partial charge in [0.1, 0.15) is 0 Å². The summed E-state index contributed by atoms with van der Waals surface area (Å²) < 4.78 is 0. The zero-order valence-corrected chi connectivity index (χ0v) is 10.4. The fourth-order valence-electron chi connectivity index (χ4n) is 1.98. The maximum absolute atomic E-state index is 11.6. The molecule has 2 saturated heterocycles. The minimum atomic E-state index is -0.553. The molecule has 0 radical (unpaired) electrons. The summed E-state index contributed by atoms with van der Waals surface area (Å²) in [5, 5.41) is 0.596. The van der Waals surface area contributed by atoms with Crippen molar-refractivity contribution in [3.63, 3.8) is 0 Å². The summed E-state index contributed by atoms with van der Waals surface area (Å²) in [6.45, 7) is 3.48. The fourth-order valence-corrected chi connectivity index (χ4v) is 1.98. The van der Waals surface area contributed by atoms with Crippen LogP contribution < -0.4 is 0 Å². The molecule has 0 bridgehead atoms. The maximum Gasteiger partial charge on any atom is 0.347 e. The first-order valence-electron chi connectivity index (χ1n) is 6.04. The molecule has 2 aliphatic heterocycles. The number of piperazine rings is 1. The van der Waals surface area contributed by atoms with Crippen LogP contribution in [0.3, 0.4) is 0 Å². The molecular weight excluding hydrogens is 244 g/mol. The van der Waals surface area contributed by atoms with Gasteiger partial charge in [0.2, 0.25) is 0 Å². The van der Waals surface area contributed by atoms with Gasteiger partial charge in [0.15, 0.2) is 0 Å². The molecule has 0 aromatic carbocycles. The van der Waals surface area contributed by atoms with Crippen molar-refractivity contribution in [2.45, 2.75) is 12.8 Å². The summed E-state index contributed by atoms with van der Waals surface area (Å²) in [6, 6.07) is 0. The molecule has 18 heavy (non-hydrogen) atoms. The largest absolute Gasteiger partial charge is 0.347 e. The van der Waals surface area contributed by atoms with Crippen LogP contribution in [0.5, 0.6) is 0 Å². The van der Waals surface area contributed by atoms with Crippen molar-refractivity contribution in [1.82, 2.24) is 14.9 Å². The van der Waals surface area contributed by atoms with Gasteiger partial charge in [-0.2, -0.15) is 0 Å². The number of carbonyl (C=O) groups excluding carboxylic acids is 3. The zero-order valence-electron chi connectivity index (χ0n) is 10.4. The van der Waals surface area contributed by atoms with Gasteiger partial charge >= 0.3 is 5.97 Å². The lowest BCUT2D eigenvalue weighted by Gasteiger charge is -2.31. The number of imide groups is 1. The highest BCUT2D eigenvalue weighted by Crippen LogP contribution is 2.12. The zero-order chi connectivity index (χ0) is 13.1. The molecule has 0 unspecified atom stereocenters. The third-order valence-corrected chi connectivity index (χ3v) is 3.15. The van der Waals surface area contributed by atoms with Gasteiger partial charge in [0.25, 0.3) is 11.8 Å². The first kappa shape index (κ1) is 13.0. The Bertz CT molecular complexity index is 347. The smallest absolute Gasteiger partial charge is 0.329 e. The second-order valence-electron chi connectivity index (χ2n) is 4.62. The van der Waals surface area contributed by atoms with Gasteiger partial charge in [-0.25, -0.2) is 4.79 Å². The highest BCUT2D eigenvalue weighted by molar-refractivity contribution is 6.01. The number of carbonyl (C=O) groups is 3. The number of nitrogens with zero attached hydrogens (tertiary/aromatic N) is 3. The van der Waals surface area contributed by atoms with E-state index in [1.54, 1.807) is 0 Å². The van der Waals surface area contributed by atoms with Gasteiger partial charge in [0.05, 0.1) is 6.54 Å². The molecule has 0 saturated carbocycles. The molecule has 0 aromatic heterocycles. The molecule has 7 heteroatoms. The number of hydroxylamine groups is 2. The predicted octanol–water partition coefficient (Wildman–Crippen LogP) is -1.16. The fraction of sp³-hybridized carbons (Fsp3) is 0.727. The topological polar surface area (TPSA) is 70.2 Å². The first-order valence-corrected chi connectivity index (χ1v) is 6.04. The van der Waals surface area contributed by atoms with Crippen LogP contribution in [0, 0.1) is 0 Å². The Morgan fingerprint density at radius 2 is 1.72 bits per heavy atom. The van der Waals surface area contributed by atoms with Crippen LogP contribution in [-0.4, -0.2) is 72.4 Å². The molecule has 7 nitrogen and oxygen atoms in total. The Morgan fingerprint density at radius 1 is 1.17 bits per heavy atom. The third-order valence-electron chi connectivity index (χ3n) is 3.15. The van der Waals surface area contributed by atoms with Crippen LogP contribution in [-0.2, 0) is 19.2 Å². The van der Waals surface area contributed by atoms with Crippen LogP contribution in [0.15, 0.2) is 0 Å². The second-order valence-corrected chi connectivity index (χ2v) is 4.62. The van der Waals surface area contributed by atoms with E-state index in [1.165, 1.54) is 0 Å². The van der Waals surface area contributed by atoms with Crippen molar-refractivity contribution in [1.29, 1.82) is 0 Å². The Balaban J connectivity index is 1.78. The average Bonchev–Trinajstić information content (AvgIpc) is 2.64.